The molecule has 0 bridgehead atoms. The molecule has 5 aliphatic heterocycles. The van der Waals surface area contributed by atoms with E-state index in [0.717, 1.165) is 0 Å². The van der Waals surface area contributed by atoms with E-state index in [2.05, 4.69) is 0 Å². The van der Waals surface area contributed by atoms with Crippen molar-refractivity contribution < 1.29 is 129 Å². The Bertz CT molecular complexity index is 1290. The summed E-state index contributed by atoms with van der Waals surface area (Å²) in [7, 11) is 0. The van der Waals surface area contributed by atoms with E-state index in [1.54, 1.807) is 0 Å². The maximum absolute atomic E-state index is 11.2. The van der Waals surface area contributed by atoms with Crippen molar-refractivity contribution in [3.8, 4) is 0 Å². The summed E-state index contributed by atoms with van der Waals surface area (Å²) >= 11 is 0. The third-order valence-corrected chi connectivity index (χ3v) is 11.2. The van der Waals surface area contributed by atoms with Crippen LogP contribution in [0.2, 0.25) is 0 Å². The fourth-order valence-electron chi connectivity index (χ4n) is 7.60. The molecule has 25 atom stereocenters. The van der Waals surface area contributed by atoms with E-state index in [1.807, 2.05) is 0 Å². The highest BCUT2D eigenvalue weighted by Crippen LogP contribution is 2.35. The molecule has 0 amide bonds. The van der Waals surface area contributed by atoms with E-state index in [1.165, 1.54) is 0 Å². The van der Waals surface area contributed by atoms with Crippen LogP contribution in [0.5, 0.6) is 0 Å². The number of rotatable bonds is 18. The molecule has 0 aliphatic carbocycles. The molecular weight excluding hydrogens is 838 g/mol. The molecule has 5 heterocycles. The predicted molar refractivity (Wildman–Crippen MR) is 189 cm³/mol. The zero-order valence-corrected chi connectivity index (χ0v) is 32.6. The first kappa shape index (κ1) is 50.9. The van der Waals surface area contributed by atoms with Gasteiger partial charge in [-0.25, -0.2) is 0 Å². The summed E-state index contributed by atoms with van der Waals surface area (Å²) in [4.78, 5) is 0. The minimum absolute atomic E-state index is 0.109. The van der Waals surface area contributed by atoms with E-state index < -0.39 is 187 Å². The quantitative estimate of drug-likeness (QED) is 0.0568. The summed E-state index contributed by atoms with van der Waals surface area (Å²) in [6, 6.07) is 0. The lowest BCUT2D eigenvalue weighted by Crippen LogP contribution is -2.68. The molecule has 15 unspecified atom stereocenters. The summed E-state index contributed by atoms with van der Waals surface area (Å²) in [6.07, 6.45) is -43.5. The van der Waals surface area contributed by atoms with Crippen molar-refractivity contribution in [2.45, 2.75) is 166 Å². The Kier molecular flexibility index (Phi) is 19.1. The molecule has 358 valence electrons. The van der Waals surface area contributed by atoms with E-state index >= 15 is 0 Å². The maximum atomic E-state index is 11.2. The fraction of sp³-hybridized carbons (Fsp3) is 1.00. The first-order valence-corrected chi connectivity index (χ1v) is 19.8. The minimum Gasteiger partial charge on any atom is -0.394 e. The van der Waals surface area contributed by atoms with Gasteiger partial charge in [0.1, 0.15) is 122 Å². The van der Waals surface area contributed by atoms with E-state index in [0.29, 0.717) is 19.4 Å². The lowest BCUT2D eigenvalue weighted by molar-refractivity contribution is -0.393. The summed E-state index contributed by atoms with van der Waals surface area (Å²) in [5.74, 6) is 0. The Morgan fingerprint density at radius 1 is 0.328 bits per heavy atom. The predicted octanol–water partition coefficient (Wildman–Crippen LogP) is -11.2. The molecule has 0 aromatic rings. The molecule has 61 heavy (non-hydrogen) atoms. The number of unbranched alkanes of at least 4 members (excludes halogenated alkanes) is 1. The van der Waals surface area contributed by atoms with Gasteiger partial charge < -0.3 is 135 Å². The van der Waals surface area contributed by atoms with Crippen LogP contribution in [0.25, 0.3) is 0 Å². The normalized spacial score (nSPS) is 49.8. The molecule has 5 aliphatic rings. The Hall–Kier alpha value is -1.08. The summed E-state index contributed by atoms with van der Waals surface area (Å²) < 4.78 is 55.6. The van der Waals surface area contributed by atoms with Crippen molar-refractivity contribution in [2.75, 3.05) is 46.2 Å². The van der Waals surface area contributed by atoms with E-state index in [4.69, 9.17) is 53.1 Å². The number of hydrogen-bond acceptors (Lipinski definition) is 27. The van der Waals surface area contributed by atoms with Gasteiger partial charge in [0.05, 0.1) is 33.0 Å². The molecule has 27 heteroatoms. The van der Waals surface area contributed by atoms with Crippen LogP contribution in [0.3, 0.4) is 0 Å². The molecule has 18 N–H and O–H groups in total. The third kappa shape index (κ3) is 11.1. The molecule has 0 radical (unpaired) electrons. The number of ether oxygens (including phenoxy) is 10. The second kappa shape index (κ2) is 22.9. The van der Waals surface area contributed by atoms with Crippen LogP contribution in [-0.2, 0) is 47.4 Å². The van der Waals surface area contributed by atoms with Crippen LogP contribution in [0.15, 0.2) is 0 Å². The molecule has 0 spiro atoms. The molecule has 0 aromatic heterocycles. The molecule has 0 aromatic carbocycles. The van der Waals surface area contributed by atoms with Crippen LogP contribution >= 0.6 is 0 Å². The van der Waals surface area contributed by atoms with E-state index in [-0.39, 0.29) is 6.61 Å². The fourth-order valence-corrected chi connectivity index (χ4v) is 7.60. The first-order chi connectivity index (χ1) is 29.1. The van der Waals surface area contributed by atoms with Crippen LogP contribution in [-0.4, -0.2) is 281 Å². The molecule has 27 nitrogen and oxygen atoms in total. The minimum atomic E-state index is -2.11. The van der Waals surface area contributed by atoms with Gasteiger partial charge >= 0.3 is 0 Å². The van der Waals surface area contributed by atoms with Crippen molar-refractivity contribution in [3.05, 3.63) is 0 Å². The van der Waals surface area contributed by atoms with Crippen molar-refractivity contribution >= 4 is 0 Å². The van der Waals surface area contributed by atoms with Gasteiger partial charge in [0.25, 0.3) is 0 Å². The Labute approximate surface area is 347 Å². The van der Waals surface area contributed by atoms with Gasteiger partial charge in [-0.15, -0.1) is 0 Å². The van der Waals surface area contributed by atoms with Crippen molar-refractivity contribution in [2.24, 2.45) is 5.73 Å². The lowest BCUT2D eigenvalue weighted by atomic mass is 9.95. The van der Waals surface area contributed by atoms with Crippen LogP contribution < -0.4 is 5.73 Å². The monoisotopic (exact) mass is 899 g/mol. The smallest absolute Gasteiger partial charge is 0.187 e. The number of hydrogen-bond donors (Lipinski definition) is 17. The second-order valence-electron chi connectivity index (χ2n) is 15.3. The molecular formula is C34H61NO26. The van der Waals surface area contributed by atoms with Gasteiger partial charge in [0, 0.05) is 6.61 Å². The summed E-state index contributed by atoms with van der Waals surface area (Å²) in [6.45, 7) is -3.91. The van der Waals surface area contributed by atoms with Crippen molar-refractivity contribution in [1.82, 2.24) is 0 Å². The Morgan fingerprint density at radius 2 is 0.607 bits per heavy atom. The molecule has 5 rings (SSSR count). The SMILES string of the molecule is NCCCCO[C@H]1OC(CO)[C@@H](O[C@@H]2OC(CO)[C@@H](O[C@H]3OC(CO)[C@H](O[C@H]4OC(CO)[C@@H](O[C@@H]5OC(CO)[C@@H](O)C(O)C5O)C(O)C4O)C(O)C3O)C(O)C2O)C(O)C1O. The third-order valence-electron chi connectivity index (χ3n) is 11.2. The average molecular weight is 900 g/mol. The lowest BCUT2D eigenvalue weighted by Gasteiger charge is -2.49. The largest absolute Gasteiger partial charge is 0.394 e. The van der Waals surface area contributed by atoms with E-state index in [9.17, 15) is 81.7 Å². The van der Waals surface area contributed by atoms with Crippen LogP contribution in [0.4, 0.5) is 0 Å². The topological polar surface area (TPSA) is 442 Å². The second-order valence-corrected chi connectivity index (χ2v) is 15.3. The van der Waals surface area contributed by atoms with Crippen LogP contribution in [0.1, 0.15) is 12.8 Å². The zero-order chi connectivity index (χ0) is 44.9. The van der Waals surface area contributed by atoms with Crippen molar-refractivity contribution in [1.29, 1.82) is 0 Å². The summed E-state index contributed by atoms with van der Waals surface area (Å²) in [5, 5.41) is 168. The van der Waals surface area contributed by atoms with Gasteiger partial charge in [-0.1, -0.05) is 0 Å². The van der Waals surface area contributed by atoms with Gasteiger partial charge in [-0.3, -0.25) is 0 Å². The standard InChI is InChI=1S/C34H61NO26/c35-3-1-2-4-52-30-22(48)17(43)26(11(6-37)54-30)59-32-24(50)19(45)28(13(8-39)56-32)61-34-25(51)20(46)29(14(9-40)57-34)60-33-23(49)18(44)27(12(7-38)55-33)58-31-21(47)16(42)15(41)10(5-36)53-31/h10-34,36-51H,1-9,35H2/t10?,11?,12?,13?,14?,15-,16?,17?,18?,19?,20?,21?,22?,23?,24?,25?,26-,27-,28-,29+,30+,31+,32+,33-,34-/m1/s1. The van der Waals surface area contributed by atoms with Gasteiger partial charge in [0.15, 0.2) is 31.5 Å². The highest BCUT2D eigenvalue weighted by molar-refractivity contribution is 4.99. The van der Waals surface area contributed by atoms with Gasteiger partial charge in [-0.05, 0) is 19.4 Å². The van der Waals surface area contributed by atoms with Gasteiger partial charge in [-0.2, -0.15) is 0 Å². The summed E-state index contributed by atoms with van der Waals surface area (Å²) in [5.41, 5.74) is 5.46. The van der Waals surface area contributed by atoms with Crippen molar-refractivity contribution in [3.63, 3.8) is 0 Å². The Morgan fingerprint density at radius 3 is 0.918 bits per heavy atom. The van der Waals surface area contributed by atoms with Gasteiger partial charge in [0.2, 0.25) is 0 Å². The number of nitrogens with two attached hydrogens (primary N) is 1. The number of aliphatic hydroxyl groups is 16. The maximum Gasteiger partial charge on any atom is 0.187 e. The molecule has 5 saturated heterocycles. The highest BCUT2D eigenvalue weighted by Gasteiger charge is 2.56. The molecule has 0 saturated carbocycles. The van der Waals surface area contributed by atoms with Crippen LogP contribution in [0, 0.1) is 0 Å². The molecule has 5 fully saturated rings. The first-order valence-electron chi connectivity index (χ1n) is 19.8. The Balaban J connectivity index is 1.20. The number of aliphatic hydroxyl groups excluding tert-OH is 16. The zero-order valence-electron chi connectivity index (χ0n) is 32.6. The highest BCUT2D eigenvalue weighted by atomic mass is 16.8. The average Bonchev–Trinajstić information content (AvgIpc) is 3.26.